The monoisotopic (exact) mass is 287 g/mol. The van der Waals surface area contributed by atoms with Crippen molar-refractivity contribution < 1.29 is 0 Å². The summed E-state index contributed by atoms with van der Waals surface area (Å²) in [5.41, 5.74) is 6.99. The van der Waals surface area contributed by atoms with E-state index in [1.807, 2.05) is 6.08 Å². The van der Waals surface area contributed by atoms with Gasteiger partial charge in [0.15, 0.2) is 0 Å². The van der Waals surface area contributed by atoms with Gasteiger partial charge in [0.1, 0.15) is 0 Å². The molecule has 2 N–H and O–H groups in total. The molecule has 0 bridgehead atoms. The van der Waals surface area contributed by atoms with Crippen LogP contribution in [-0.4, -0.2) is 6.54 Å². The molecule has 1 nitrogen and oxygen atoms in total. The number of nitrogens with two attached hydrogens (primary N) is 1. The molecular weight excluding hydrogens is 273 g/mol. The molecule has 0 saturated carbocycles. The summed E-state index contributed by atoms with van der Waals surface area (Å²) in [5, 5.41) is 0. The molecule has 0 heterocycles. The molecule has 70 valence electrons. The quantitative estimate of drug-likeness (QED) is 0.669. The Labute approximate surface area is 93.2 Å². The Hall–Kier alpha value is -0.350. The van der Waals surface area contributed by atoms with Crippen molar-refractivity contribution in [3.63, 3.8) is 0 Å². The van der Waals surface area contributed by atoms with Gasteiger partial charge in [-0.3, -0.25) is 0 Å². The van der Waals surface area contributed by atoms with Crippen LogP contribution in [0.25, 0.3) is 0 Å². The van der Waals surface area contributed by atoms with Crippen LogP contribution in [-0.2, 0) is 0 Å². The summed E-state index contributed by atoms with van der Waals surface area (Å²) < 4.78 is 1.26. The van der Waals surface area contributed by atoms with Gasteiger partial charge < -0.3 is 5.73 Å². The van der Waals surface area contributed by atoms with Crippen LogP contribution < -0.4 is 5.73 Å². The van der Waals surface area contributed by atoms with Gasteiger partial charge in [0, 0.05) is 3.57 Å². The van der Waals surface area contributed by atoms with Crippen molar-refractivity contribution in [3.8, 4) is 0 Å². The molecule has 0 aromatic heterocycles. The van der Waals surface area contributed by atoms with E-state index in [-0.39, 0.29) is 0 Å². The van der Waals surface area contributed by atoms with Crippen LogP contribution in [0, 0.1) is 3.57 Å². The fourth-order valence-corrected chi connectivity index (χ4v) is 1.66. The smallest absolute Gasteiger partial charge is 0.0130 e. The second kappa shape index (κ2) is 5.40. The van der Waals surface area contributed by atoms with Gasteiger partial charge in [0.05, 0.1) is 0 Å². The third-order valence-electron chi connectivity index (χ3n) is 2.08. The minimum atomic E-state index is 0.425. The summed E-state index contributed by atoms with van der Waals surface area (Å²) in [5.74, 6) is 0.425. The van der Waals surface area contributed by atoms with Crippen molar-refractivity contribution in [2.45, 2.75) is 12.3 Å². The number of halogens is 1. The molecule has 1 aromatic carbocycles. The maximum absolute atomic E-state index is 5.68. The van der Waals surface area contributed by atoms with Crippen LogP contribution in [0.15, 0.2) is 36.9 Å². The molecular formula is C11H14IN. The number of benzene rings is 1. The van der Waals surface area contributed by atoms with E-state index in [2.05, 4.69) is 53.4 Å². The van der Waals surface area contributed by atoms with Gasteiger partial charge in [-0.05, 0) is 59.2 Å². The molecule has 0 aliphatic heterocycles. The van der Waals surface area contributed by atoms with Crippen molar-refractivity contribution in [3.05, 3.63) is 46.1 Å². The zero-order chi connectivity index (χ0) is 9.68. The summed E-state index contributed by atoms with van der Waals surface area (Å²) in [6.07, 6.45) is 2.88. The molecule has 0 amide bonds. The molecule has 1 rings (SSSR count). The Balaban J connectivity index is 2.78. The van der Waals surface area contributed by atoms with Crippen LogP contribution in [0.3, 0.4) is 0 Å². The zero-order valence-corrected chi connectivity index (χ0v) is 9.70. The van der Waals surface area contributed by atoms with Gasteiger partial charge in [-0.15, -0.1) is 6.58 Å². The highest BCUT2D eigenvalue weighted by molar-refractivity contribution is 14.1. The average Bonchev–Trinajstić information content (AvgIpc) is 2.16. The van der Waals surface area contributed by atoms with Crippen molar-refractivity contribution in [1.29, 1.82) is 0 Å². The number of hydrogen-bond acceptors (Lipinski definition) is 1. The third-order valence-corrected chi connectivity index (χ3v) is 2.80. The van der Waals surface area contributed by atoms with Crippen LogP contribution in [0.4, 0.5) is 0 Å². The summed E-state index contributed by atoms with van der Waals surface area (Å²) in [6, 6.07) is 8.51. The van der Waals surface area contributed by atoms with Gasteiger partial charge in [0.2, 0.25) is 0 Å². The van der Waals surface area contributed by atoms with Crippen molar-refractivity contribution in [1.82, 2.24) is 0 Å². The highest BCUT2D eigenvalue weighted by Crippen LogP contribution is 2.19. The lowest BCUT2D eigenvalue weighted by molar-refractivity contribution is 0.711. The highest BCUT2D eigenvalue weighted by Gasteiger charge is 2.06. The van der Waals surface area contributed by atoms with Crippen LogP contribution >= 0.6 is 22.6 Å². The van der Waals surface area contributed by atoms with Gasteiger partial charge in [0.25, 0.3) is 0 Å². The predicted molar refractivity (Wildman–Crippen MR) is 65.8 cm³/mol. The highest BCUT2D eigenvalue weighted by atomic mass is 127. The van der Waals surface area contributed by atoms with E-state index in [9.17, 15) is 0 Å². The molecule has 0 aliphatic carbocycles. The molecule has 0 spiro atoms. The van der Waals surface area contributed by atoms with Crippen LogP contribution in [0.1, 0.15) is 17.9 Å². The van der Waals surface area contributed by atoms with E-state index in [1.54, 1.807) is 0 Å². The predicted octanol–water partition coefficient (Wildman–Crippen LogP) is 2.91. The topological polar surface area (TPSA) is 26.0 Å². The average molecular weight is 287 g/mol. The molecule has 0 radical (unpaired) electrons. The second-order valence-electron chi connectivity index (χ2n) is 3.01. The van der Waals surface area contributed by atoms with Gasteiger partial charge >= 0.3 is 0 Å². The van der Waals surface area contributed by atoms with Crippen LogP contribution in [0.2, 0.25) is 0 Å². The van der Waals surface area contributed by atoms with Crippen molar-refractivity contribution in [2.75, 3.05) is 6.54 Å². The van der Waals surface area contributed by atoms with Gasteiger partial charge in [-0.1, -0.05) is 18.2 Å². The number of allylic oxidation sites excluding steroid dienone is 1. The molecule has 0 aliphatic rings. The summed E-state index contributed by atoms with van der Waals surface area (Å²) >= 11 is 2.30. The minimum absolute atomic E-state index is 0.425. The first kappa shape index (κ1) is 10.7. The molecule has 13 heavy (non-hydrogen) atoms. The first-order chi connectivity index (χ1) is 6.27. The Kier molecular flexibility index (Phi) is 4.45. The lowest BCUT2D eigenvalue weighted by atomic mass is 9.96. The fraction of sp³-hybridized carbons (Fsp3) is 0.273. The normalized spacial score (nSPS) is 12.5. The van der Waals surface area contributed by atoms with E-state index in [0.717, 1.165) is 6.42 Å². The molecule has 2 heteroatoms. The van der Waals surface area contributed by atoms with Gasteiger partial charge in [-0.2, -0.15) is 0 Å². The maximum Gasteiger partial charge on any atom is 0.0130 e. The summed E-state index contributed by atoms with van der Waals surface area (Å²) in [6.45, 7) is 4.42. The largest absolute Gasteiger partial charge is 0.330 e. The Bertz CT molecular complexity index is 266. The Morgan fingerprint density at radius 3 is 2.46 bits per heavy atom. The Morgan fingerprint density at radius 2 is 2.00 bits per heavy atom. The number of rotatable bonds is 4. The van der Waals surface area contributed by atoms with E-state index in [1.165, 1.54) is 9.13 Å². The standard InChI is InChI=1S/C11H14IN/c1-2-3-10(8-13)9-4-6-11(12)7-5-9/h2,4-7,10H,1,3,8,13H2/t10-/m0/s1. The lowest BCUT2D eigenvalue weighted by Gasteiger charge is -2.12. The fourth-order valence-electron chi connectivity index (χ4n) is 1.30. The van der Waals surface area contributed by atoms with E-state index in [4.69, 9.17) is 5.73 Å². The Morgan fingerprint density at radius 1 is 1.38 bits per heavy atom. The summed E-state index contributed by atoms with van der Waals surface area (Å²) in [4.78, 5) is 0. The zero-order valence-electron chi connectivity index (χ0n) is 7.54. The van der Waals surface area contributed by atoms with E-state index in [0.29, 0.717) is 12.5 Å². The third kappa shape index (κ3) is 3.12. The van der Waals surface area contributed by atoms with Crippen molar-refractivity contribution >= 4 is 22.6 Å². The minimum Gasteiger partial charge on any atom is -0.330 e. The first-order valence-corrected chi connectivity index (χ1v) is 5.42. The van der Waals surface area contributed by atoms with Crippen molar-refractivity contribution in [2.24, 2.45) is 5.73 Å². The summed E-state index contributed by atoms with van der Waals surface area (Å²) in [7, 11) is 0. The molecule has 0 saturated heterocycles. The molecule has 0 fully saturated rings. The molecule has 0 unspecified atom stereocenters. The van der Waals surface area contributed by atoms with Crippen LogP contribution in [0.5, 0.6) is 0 Å². The van der Waals surface area contributed by atoms with E-state index < -0.39 is 0 Å². The first-order valence-electron chi connectivity index (χ1n) is 4.34. The SMILES string of the molecule is C=CC[C@@H](CN)c1ccc(I)cc1. The maximum atomic E-state index is 5.68. The second-order valence-corrected chi connectivity index (χ2v) is 4.25. The molecule has 1 atom stereocenters. The lowest BCUT2D eigenvalue weighted by Crippen LogP contribution is -2.11. The van der Waals surface area contributed by atoms with Gasteiger partial charge in [-0.25, -0.2) is 0 Å². The molecule has 1 aromatic rings. The number of hydrogen-bond donors (Lipinski definition) is 1. The van der Waals surface area contributed by atoms with E-state index >= 15 is 0 Å².